The van der Waals surface area contributed by atoms with Gasteiger partial charge in [-0.15, -0.1) is 0 Å². The number of hydrogen-bond acceptors (Lipinski definition) is 2. The highest BCUT2D eigenvalue weighted by molar-refractivity contribution is 5.79. The Morgan fingerprint density at radius 2 is 2.18 bits per heavy atom. The lowest BCUT2D eigenvalue weighted by Gasteiger charge is -2.34. The minimum absolute atomic E-state index is 0.179. The van der Waals surface area contributed by atoms with E-state index in [-0.39, 0.29) is 11.8 Å². The molecule has 1 aliphatic carbocycles. The Balaban J connectivity index is 1.77. The maximum Gasteiger partial charge on any atom is 0.223 e. The first-order chi connectivity index (χ1) is 8.20. The second-order valence-electron chi connectivity index (χ2n) is 5.85. The second-order valence-corrected chi connectivity index (χ2v) is 5.85. The Hall–Kier alpha value is -0.570. The predicted molar refractivity (Wildman–Crippen MR) is 69.7 cm³/mol. The first-order valence-corrected chi connectivity index (χ1v) is 7.21. The van der Waals surface area contributed by atoms with Gasteiger partial charge >= 0.3 is 0 Å². The van der Waals surface area contributed by atoms with Crippen LogP contribution >= 0.6 is 0 Å². The monoisotopic (exact) mass is 238 g/mol. The van der Waals surface area contributed by atoms with E-state index in [0.29, 0.717) is 12.0 Å². The lowest BCUT2D eigenvalue weighted by atomic mass is 9.83. The maximum atomic E-state index is 12.1. The van der Waals surface area contributed by atoms with Crippen molar-refractivity contribution in [2.45, 2.75) is 52.0 Å². The van der Waals surface area contributed by atoms with Crippen LogP contribution < -0.4 is 10.6 Å². The number of rotatable bonds is 4. The maximum absolute atomic E-state index is 12.1. The van der Waals surface area contributed by atoms with Crippen molar-refractivity contribution in [1.82, 2.24) is 10.6 Å². The van der Waals surface area contributed by atoms with Crippen molar-refractivity contribution in [3.8, 4) is 0 Å². The highest BCUT2D eigenvalue weighted by Crippen LogP contribution is 2.27. The van der Waals surface area contributed by atoms with Gasteiger partial charge in [0.2, 0.25) is 5.91 Å². The molecule has 1 heterocycles. The molecule has 2 fully saturated rings. The van der Waals surface area contributed by atoms with Crippen molar-refractivity contribution in [3.05, 3.63) is 0 Å². The summed E-state index contributed by atoms with van der Waals surface area (Å²) in [5.41, 5.74) is 0. The molecule has 3 atom stereocenters. The van der Waals surface area contributed by atoms with Crippen LogP contribution in [0.15, 0.2) is 0 Å². The molecule has 3 heteroatoms. The predicted octanol–water partition coefficient (Wildman–Crippen LogP) is 1.93. The molecule has 0 radical (unpaired) electrons. The van der Waals surface area contributed by atoms with Gasteiger partial charge in [-0.3, -0.25) is 4.79 Å². The SMILES string of the molecule is CCC1CCCC(NC(=O)C(C)C2CNC2)C1. The van der Waals surface area contributed by atoms with Gasteiger partial charge in [-0.2, -0.15) is 0 Å². The molecule has 2 N–H and O–H groups in total. The van der Waals surface area contributed by atoms with E-state index >= 15 is 0 Å². The van der Waals surface area contributed by atoms with Gasteiger partial charge in [0.25, 0.3) is 0 Å². The van der Waals surface area contributed by atoms with Crippen molar-refractivity contribution >= 4 is 5.91 Å². The van der Waals surface area contributed by atoms with Crippen LogP contribution in [0, 0.1) is 17.8 Å². The third-order valence-corrected chi connectivity index (χ3v) is 4.64. The zero-order valence-corrected chi connectivity index (χ0v) is 11.2. The number of hydrogen-bond donors (Lipinski definition) is 2. The molecule has 3 nitrogen and oxygen atoms in total. The van der Waals surface area contributed by atoms with Crippen LogP contribution in [0.25, 0.3) is 0 Å². The van der Waals surface area contributed by atoms with Crippen LogP contribution in [0.2, 0.25) is 0 Å². The molecular weight excluding hydrogens is 212 g/mol. The van der Waals surface area contributed by atoms with Gasteiger partial charge in [0.15, 0.2) is 0 Å². The summed E-state index contributed by atoms with van der Waals surface area (Å²) in [5.74, 6) is 1.84. The fourth-order valence-corrected chi connectivity index (χ4v) is 3.00. The summed E-state index contributed by atoms with van der Waals surface area (Å²) in [6.45, 7) is 6.35. The standard InChI is InChI=1S/C14H26N2O/c1-3-11-5-4-6-13(7-11)16-14(17)10(2)12-8-15-9-12/h10-13,15H,3-9H2,1-2H3,(H,16,17). The summed E-state index contributed by atoms with van der Waals surface area (Å²) < 4.78 is 0. The molecule has 17 heavy (non-hydrogen) atoms. The van der Waals surface area contributed by atoms with Gasteiger partial charge in [-0.05, 0) is 37.8 Å². The summed E-state index contributed by atoms with van der Waals surface area (Å²) in [6.07, 6.45) is 6.26. The molecule has 0 spiro atoms. The van der Waals surface area contributed by atoms with Gasteiger partial charge in [-0.25, -0.2) is 0 Å². The van der Waals surface area contributed by atoms with Crippen LogP contribution in [0.5, 0.6) is 0 Å². The lowest BCUT2D eigenvalue weighted by Crippen LogP contribution is -2.51. The van der Waals surface area contributed by atoms with E-state index in [2.05, 4.69) is 24.5 Å². The number of carbonyl (C=O) groups is 1. The van der Waals surface area contributed by atoms with E-state index < -0.39 is 0 Å². The summed E-state index contributed by atoms with van der Waals surface area (Å²) in [6, 6.07) is 0.441. The van der Waals surface area contributed by atoms with E-state index in [4.69, 9.17) is 0 Å². The normalized spacial score (nSPS) is 31.6. The van der Waals surface area contributed by atoms with Gasteiger partial charge < -0.3 is 10.6 Å². The molecule has 98 valence electrons. The van der Waals surface area contributed by atoms with Gasteiger partial charge in [-0.1, -0.05) is 33.1 Å². The molecule has 1 aliphatic heterocycles. The van der Waals surface area contributed by atoms with Crippen LogP contribution in [0.3, 0.4) is 0 Å². The van der Waals surface area contributed by atoms with Crippen molar-refractivity contribution in [3.63, 3.8) is 0 Å². The van der Waals surface area contributed by atoms with Crippen LogP contribution in [0.4, 0.5) is 0 Å². The largest absolute Gasteiger partial charge is 0.353 e. The van der Waals surface area contributed by atoms with Crippen molar-refractivity contribution in [1.29, 1.82) is 0 Å². The third kappa shape index (κ3) is 3.21. The van der Waals surface area contributed by atoms with Crippen LogP contribution in [0.1, 0.15) is 46.0 Å². The molecule has 0 aromatic carbocycles. The highest BCUT2D eigenvalue weighted by atomic mass is 16.1. The van der Waals surface area contributed by atoms with E-state index in [1.807, 2.05) is 0 Å². The Kier molecular flexibility index (Phi) is 4.43. The van der Waals surface area contributed by atoms with Crippen molar-refractivity contribution in [2.75, 3.05) is 13.1 Å². The molecular formula is C14H26N2O. The van der Waals surface area contributed by atoms with E-state index in [1.54, 1.807) is 0 Å². The minimum atomic E-state index is 0.179. The summed E-state index contributed by atoms with van der Waals surface area (Å²) in [7, 11) is 0. The number of carbonyl (C=O) groups excluding carboxylic acids is 1. The van der Waals surface area contributed by atoms with E-state index in [9.17, 15) is 4.79 Å². The van der Waals surface area contributed by atoms with Gasteiger partial charge in [0, 0.05) is 12.0 Å². The quantitative estimate of drug-likeness (QED) is 0.786. The fourth-order valence-electron chi connectivity index (χ4n) is 3.00. The average molecular weight is 238 g/mol. The first kappa shape index (κ1) is 12.9. The summed E-state index contributed by atoms with van der Waals surface area (Å²) in [4.78, 5) is 12.1. The second kappa shape index (κ2) is 5.85. The molecule has 1 amide bonds. The zero-order valence-electron chi connectivity index (χ0n) is 11.2. The smallest absolute Gasteiger partial charge is 0.223 e. The number of nitrogens with one attached hydrogen (secondary N) is 2. The Labute approximate surface area is 105 Å². The van der Waals surface area contributed by atoms with Gasteiger partial charge in [0.05, 0.1) is 0 Å². The molecule has 1 saturated heterocycles. The summed E-state index contributed by atoms with van der Waals surface area (Å²) in [5, 5.41) is 6.50. The third-order valence-electron chi connectivity index (χ3n) is 4.64. The van der Waals surface area contributed by atoms with Crippen LogP contribution in [-0.2, 0) is 4.79 Å². The Bertz CT molecular complexity index is 263. The Morgan fingerprint density at radius 3 is 2.76 bits per heavy atom. The molecule has 2 rings (SSSR count). The molecule has 2 aliphatic rings. The van der Waals surface area contributed by atoms with Gasteiger partial charge in [0.1, 0.15) is 0 Å². The average Bonchev–Trinajstić information content (AvgIpc) is 2.27. The lowest BCUT2D eigenvalue weighted by molar-refractivity contribution is -0.127. The van der Waals surface area contributed by atoms with E-state index in [0.717, 1.165) is 19.0 Å². The fraction of sp³-hybridized carbons (Fsp3) is 0.929. The Morgan fingerprint density at radius 1 is 1.41 bits per heavy atom. The molecule has 0 bridgehead atoms. The topological polar surface area (TPSA) is 41.1 Å². The van der Waals surface area contributed by atoms with E-state index in [1.165, 1.54) is 32.1 Å². The molecule has 0 aromatic heterocycles. The molecule has 3 unspecified atom stereocenters. The van der Waals surface area contributed by atoms with Crippen molar-refractivity contribution in [2.24, 2.45) is 17.8 Å². The van der Waals surface area contributed by atoms with Crippen LogP contribution in [-0.4, -0.2) is 25.0 Å². The minimum Gasteiger partial charge on any atom is -0.353 e. The highest BCUT2D eigenvalue weighted by Gasteiger charge is 2.30. The summed E-state index contributed by atoms with van der Waals surface area (Å²) >= 11 is 0. The zero-order chi connectivity index (χ0) is 12.3. The van der Waals surface area contributed by atoms with Crippen molar-refractivity contribution < 1.29 is 4.79 Å². The molecule has 1 saturated carbocycles. The first-order valence-electron chi connectivity index (χ1n) is 7.21. The number of amides is 1. The molecule has 0 aromatic rings.